The van der Waals surface area contributed by atoms with E-state index < -0.39 is 0 Å². The Morgan fingerprint density at radius 1 is 1.12 bits per heavy atom. The van der Waals surface area contributed by atoms with Gasteiger partial charge < -0.3 is 24.5 Å². The molecule has 1 aliphatic rings. The zero-order valence-electron chi connectivity index (χ0n) is 13.9. The van der Waals surface area contributed by atoms with Crippen LogP contribution in [0.25, 0.3) is 0 Å². The molecule has 0 atom stereocenters. The van der Waals surface area contributed by atoms with Crippen LogP contribution in [0.3, 0.4) is 0 Å². The minimum Gasteiger partial charge on any atom is -0.493 e. The van der Waals surface area contributed by atoms with E-state index in [9.17, 15) is 0 Å². The molecule has 1 aromatic heterocycles. The second-order valence-electron chi connectivity index (χ2n) is 5.92. The highest BCUT2D eigenvalue weighted by atomic mass is 32.1. The summed E-state index contributed by atoms with van der Waals surface area (Å²) in [5, 5.41) is 7.26. The van der Waals surface area contributed by atoms with E-state index in [-0.39, 0.29) is 5.54 Å². The van der Waals surface area contributed by atoms with Gasteiger partial charge in [0, 0.05) is 11.8 Å². The molecule has 2 N–H and O–H groups in total. The Hall–Kier alpha value is -2.21. The van der Waals surface area contributed by atoms with E-state index in [1.54, 1.807) is 20.5 Å². The number of ether oxygens (including phenoxy) is 2. The van der Waals surface area contributed by atoms with Crippen molar-refractivity contribution in [2.45, 2.75) is 31.2 Å². The number of methoxy groups -OCH3 is 2. The predicted octanol–water partition coefficient (Wildman–Crippen LogP) is 4.05. The first kappa shape index (κ1) is 16.6. The molecular formula is C18H22N2O3S. The van der Waals surface area contributed by atoms with Crippen molar-refractivity contribution in [1.82, 2.24) is 5.32 Å². The van der Waals surface area contributed by atoms with Crippen LogP contribution < -0.4 is 20.1 Å². The average Bonchev–Trinajstić information content (AvgIpc) is 3.26. The number of benzene rings is 1. The Morgan fingerprint density at radius 3 is 2.50 bits per heavy atom. The molecule has 24 heavy (non-hydrogen) atoms. The van der Waals surface area contributed by atoms with Crippen LogP contribution in [0.4, 0.5) is 5.69 Å². The first-order valence-electron chi connectivity index (χ1n) is 8.02. The molecule has 0 bridgehead atoms. The van der Waals surface area contributed by atoms with E-state index in [1.807, 2.05) is 30.3 Å². The molecule has 1 fully saturated rings. The Bertz CT molecular complexity index is 694. The maximum absolute atomic E-state index is 5.65. The van der Waals surface area contributed by atoms with E-state index >= 15 is 0 Å². The molecule has 0 radical (unpaired) electrons. The molecule has 1 aromatic carbocycles. The lowest BCUT2D eigenvalue weighted by molar-refractivity contribution is 0.317. The smallest absolute Gasteiger partial charge is 0.171 e. The maximum atomic E-state index is 5.65. The largest absolute Gasteiger partial charge is 0.493 e. The van der Waals surface area contributed by atoms with E-state index in [4.69, 9.17) is 26.1 Å². The summed E-state index contributed by atoms with van der Waals surface area (Å²) in [7, 11) is 3.23. The van der Waals surface area contributed by atoms with Gasteiger partial charge in [0.25, 0.3) is 0 Å². The van der Waals surface area contributed by atoms with Gasteiger partial charge >= 0.3 is 0 Å². The van der Waals surface area contributed by atoms with Crippen molar-refractivity contribution in [3.63, 3.8) is 0 Å². The van der Waals surface area contributed by atoms with Crippen LogP contribution >= 0.6 is 12.2 Å². The van der Waals surface area contributed by atoms with Gasteiger partial charge in [0.1, 0.15) is 5.76 Å². The summed E-state index contributed by atoms with van der Waals surface area (Å²) in [5.74, 6) is 2.29. The molecule has 3 rings (SSSR count). The zero-order chi connectivity index (χ0) is 17.0. The quantitative estimate of drug-likeness (QED) is 0.797. The molecular weight excluding hydrogens is 324 g/mol. The van der Waals surface area contributed by atoms with Gasteiger partial charge in [0.2, 0.25) is 0 Å². The molecule has 1 saturated carbocycles. The highest BCUT2D eigenvalue weighted by molar-refractivity contribution is 7.80. The third-order valence-electron chi connectivity index (χ3n) is 4.44. The molecule has 5 nitrogen and oxygen atoms in total. The number of anilines is 1. The zero-order valence-corrected chi connectivity index (χ0v) is 14.7. The minimum atomic E-state index is -0.218. The third kappa shape index (κ3) is 3.33. The normalized spacial score (nSPS) is 15.8. The standard InChI is InChI=1S/C18H22N2O3S/c1-21-14-8-7-13(12-15(14)22-2)19-17(24)20-18(9-3-4-10-18)16-6-5-11-23-16/h5-8,11-12H,3-4,9-10H2,1-2H3,(H2,19,20,24). The molecule has 128 valence electrons. The number of furan rings is 1. The Labute approximate surface area is 147 Å². The van der Waals surface area contributed by atoms with Crippen LogP contribution in [0.5, 0.6) is 11.5 Å². The fourth-order valence-corrected chi connectivity index (χ4v) is 3.57. The summed E-state index contributed by atoms with van der Waals surface area (Å²) < 4.78 is 16.2. The van der Waals surface area contributed by atoms with Crippen LogP contribution in [0.2, 0.25) is 0 Å². The van der Waals surface area contributed by atoms with Gasteiger partial charge in [-0.25, -0.2) is 0 Å². The predicted molar refractivity (Wildman–Crippen MR) is 97.8 cm³/mol. The minimum absolute atomic E-state index is 0.218. The van der Waals surface area contributed by atoms with Crippen LogP contribution in [0, 0.1) is 0 Å². The summed E-state index contributed by atoms with van der Waals surface area (Å²) in [6, 6.07) is 9.55. The number of thiocarbonyl (C=S) groups is 1. The number of hydrogen-bond donors (Lipinski definition) is 2. The van der Waals surface area contributed by atoms with Gasteiger partial charge in [0.05, 0.1) is 26.0 Å². The number of rotatable bonds is 5. The van der Waals surface area contributed by atoms with Gasteiger partial charge in [-0.2, -0.15) is 0 Å². The molecule has 0 spiro atoms. The molecule has 0 unspecified atom stereocenters. The molecule has 1 aliphatic carbocycles. The van der Waals surface area contributed by atoms with Crippen LogP contribution in [-0.2, 0) is 5.54 Å². The van der Waals surface area contributed by atoms with E-state index in [1.165, 1.54) is 0 Å². The molecule has 6 heteroatoms. The summed E-state index contributed by atoms with van der Waals surface area (Å²) in [6.45, 7) is 0. The van der Waals surface area contributed by atoms with E-state index in [0.717, 1.165) is 37.1 Å². The summed E-state index contributed by atoms with van der Waals surface area (Å²) >= 11 is 5.52. The Morgan fingerprint density at radius 2 is 1.88 bits per heavy atom. The molecule has 2 aromatic rings. The van der Waals surface area contributed by atoms with Crippen molar-refractivity contribution in [1.29, 1.82) is 0 Å². The van der Waals surface area contributed by atoms with Gasteiger partial charge in [-0.3, -0.25) is 0 Å². The highest BCUT2D eigenvalue weighted by Gasteiger charge is 2.38. The van der Waals surface area contributed by atoms with Crippen molar-refractivity contribution in [2.75, 3.05) is 19.5 Å². The fraction of sp³-hybridized carbons (Fsp3) is 0.389. The van der Waals surface area contributed by atoms with Crippen molar-refractivity contribution < 1.29 is 13.9 Å². The Balaban J connectivity index is 1.73. The van der Waals surface area contributed by atoms with Crippen LogP contribution in [-0.4, -0.2) is 19.3 Å². The number of hydrogen-bond acceptors (Lipinski definition) is 4. The second kappa shape index (κ2) is 7.13. The lowest BCUT2D eigenvalue weighted by Crippen LogP contribution is -2.45. The van der Waals surface area contributed by atoms with Crippen LogP contribution in [0.15, 0.2) is 41.0 Å². The van der Waals surface area contributed by atoms with E-state index in [2.05, 4.69) is 10.6 Å². The third-order valence-corrected chi connectivity index (χ3v) is 4.65. The van der Waals surface area contributed by atoms with Crippen molar-refractivity contribution in [2.24, 2.45) is 0 Å². The number of nitrogens with one attached hydrogen (secondary N) is 2. The highest BCUT2D eigenvalue weighted by Crippen LogP contribution is 2.39. The lowest BCUT2D eigenvalue weighted by Gasteiger charge is -2.29. The van der Waals surface area contributed by atoms with Gasteiger partial charge in [0.15, 0.2) is 16.6 Å². The summed E-state index contributed by atoms with van der Waals surface area (Å²) in [4.78, 5) is 0. The lowest BCUT2D eigenvalue weighted by atomic mass is 9.94. The SMILES string of the molecule is COc1ccc(NC(=S)NC2(c3ccco3)CCCC2)cc1OC. The molecule has 0 aliphatic heterocycles. The molecule has 0 amide bonds. The van der Waals surface area contributed by atoms with E-state index in [0.29, 0.717) is 16.6 Å². The topological polar surface area (TPSA) is 55.7 Å². The average molecular weight is 346 g/mol. The fourth-order valence-electron chi connectivity index (χ4n) is 3.26. The van der Waals surface area contributed by atoms with Gasteiger partial charge in [-0.15, -0.1) is 0 Å². The van der Waals surface area contributed by atoms with Crippen molar-refractivity contribution >= 4 is 23.0 Å². The van der Waals surface area contributed by atoms with Crippen LogP contribution in [0.1, 0.15) is 31.4 Å². The summed E-state index contributed by atoms with van der Waals surface area (Å²) in [5.41, 5.74) is 0.627. The van der Waals surface area contributed by atoms with Crippen molar-refractivity contribution in [3.05, 3.63) is 42.4 Å². The first-order valence-corrected chi connectivity index (χ1v) is 8.43. The monoisotopic (exact) mass is 346 g/mol. The summed E-state index contributed by atoms with van der Waals surface area (Å²) in [6.07, 6.45) is 6.05. The maximum Gasteiger partial charge on any atom is 0.171 e. The van der Waals surface area contributed by atoms with Gasteiger partial charge in [-0.05, 0) is 49.3 Å². The Kier molecular flexibility index (Phi) is 4.94. The molecule has 0 saturated heterocycles. The molecule has 1 heterocycles. The van der Waals surface area contributed by atoms with Crippen molar-refractivity contribution in [3.8, 4) is 11.5 Å². The van der Waals surface area contributed by atoms with Gasteiger partial charge in [-0.1, -0.05) is 12.8 Å². The second-order valence-corrected chi connectivity index (χ2v) is 6.32. The first-order chi connectivity index (χ1) is 11.7.